The number of piperidine rings is 1. The molecule has 1 saturated heterocycles. The molecule has 2 N–H and O–H groups in total. The number of hydrogen-bond acceptors (Lipinski definition) is 5. The van der Waals surface area contributed by atoms with Crippen molar-refractivity contribution < 1.29 is 9.90 Å². The summed E-state index contributed by atoms with van der Waals surface area (Å²) in [7, 11) is 0. The Bertz CT molecular complexity index is 1090. The molecule has 8 heteroatoms. The van der Waals surface area contributed by atoms with Crippen LogP contribution >= 0.6 is 11.6 Å². The second kappa shape index (κ2) is 9.61. The number of nitrogens with one attached hydrogen (secondary N) is 1. The summed E-state index contributed by atoms with van der Waals surface area (Å²) in [5.74, 6) is 0.578. The van der Waals surface area contributed by atoms with Gasteiger partial charge in [0.25, 0.3) is 0 Å². The number of benzene rings is 1. The largest absolute Gasteiger partial charge is 0.393 e. The van der Waals surface area contributed by atoms with Crippen molar-refractivity contribution in [2.75, 3.05) is 13.1 Å². The summed E-state index contributed by atoms with van der Waals surface area (Å²) >= 11 is 6.09. The van der Waals surface area contributed by atoms with E-state index >= 15 is 0 Å². The highest BCUT2D eigenvalue weighted by molar-refractivity contribution is 6.30. The van der Waals surface area contributed by atoms with Crippen LogP contribution in [0.25, 0.3) is 22.5 Å². The summed E-state index contributed by atoms with van der Waals surface area (Å²) in [5.41, 5.74) is 4.71. The molecule has 3 aromatic rings. The first-order chi connectivity index (χ1) is 16.1. The maximum atomic E-state index is 13.0. The molecule has 0 unspecified atom stereocenters. The van der Waals surface area contributed by atoms with Gasteiger partial charge in [-0.25, -0.2) is 9.97 Å². The molecule has 1 saturated carbocycles. The zero-order chi connectivity index (χ0) is 22.8. The number of aliphatic hydroxyl groups excluding tert-OH is 1. The van der Waals surface area contributed by atoms with Gasteiger partial charge in [0.15, 0.2) is 0 Å². The molecule has 2 aliphatic rings. The van der Waals surface area contributed by atoms with Crippen molar-refractivity contribution in [3.8, 4) is 22.5 Å². The Hall–Kier alpha value is -2.77. The molecule has 0 radical (unpaired) electrons. The van der Waals surface area contributed by atoms with Crippen LogP contribution in [-0.4, -0.2) is 55.3 Å². The van der Waals surface area contributed by atoms with Crippen molar-refractivity contribution in [3.05, 3.63) is 53.6 Å². The molecule has 0 bridgehead atoms. The number of nitrogens with zero attached hydrogens (tertiary/aromatic N) is 4. The Morgan fingerprint density at radius 2 is 1.76 bits per heavy atom. The minimum atomic E-state index is -0.241. The van der Waals surface area contributed by atoms with E-state index in [2.05, 4.69) is 20.2 Å². The van der Waals surface area contributed by atoms with Gasteiger partial charge in [-0.15, -0.1) is 0 Å². The van der Waals surface area contributed by atoms with E-state index in [0.717, 1.165) is 79.8 Å². The van der Waals surface area contributed by atoms with Crippen LogP contribution in [0, 0.1) is 5.92 Å². The Morgan fingerprint density at radius 1 is 1.03 bits per heavy atom. The molecule has 0 atom stereocenters. The van der Waals surface area contributed by atoms with Gasteiger partial charge in [0.1, 0.15) is 12.0 Å². The van der Waals surface area contributed by atoms with Crippen molar-refractivity contribution in [2.45, 2.75) is 50.5 Å². The third-order valence-corrected chi connectivity index (χ3v) is 7.26. The highest BCUT2D eigenvalue weighted by Gasteiger charge is 2.33. The summed E-state index contributed by atoms with van der Waals surface area (Å²) in [4.78, 5) is 23.6. The molecule has 5 rings (SSSR count). The maximum Gasteiger partial charge on any atom is 0.225 e. The van der Waals surface area contributed by atoms with Crippen LogP contribution in [0.4, 0.5) is 0 Å². The molecule has 2 fully saturated rings. The predicted molar refractivity (Wildman–Crippen MR) is 127 cm³/mol. The summed E-state index contributed by atoms with van der Waals surface area (Å²) in [5, 5.41) is 18.4. The van der Waals surface area contributed by atoms with Gasteiger partial charge in [0, 0.05) is 53.0 Å². The van der Waals surface area contributed by atoms with E-state index in [-0.39, 0.29) is 23.8 Å². The molecule has 0 spiro atoms. The Labute approximate surface area is 198 Å². The van der Waals surface area contributed by atoms with Gasteiger partial charge in [-0.2, -0.15) is 5.10 Å². The average Bonchev–Trinajstić information content (AvgIpc) is 3.30. The first-order valence-corrected chi connectivity index (χ1v) is 12.1. The highest BCUT2D eigenvalue weighted by atomic mass is 35.5. The minimum Gasteiger partial charge on any atom is -0.393 e. The van der Waals surface area contributed by atoms with Gasteiger partial charge >= 0.3 is 0 Å². The monoisotopic (exact) mass is 465 g/mol. The maximum absolute atomic E-state index is 13.0. The van der Waals surface area contributed by atoms with Crippen molar-refractivity contribution in [2.24, 2.45) is 5.92 Å². The van der Waals surface area contributed by atoms with Crippen LogP contribution in [0.15, 0.2) is 42.9 Å². The van der Waals surface area contributed by atoms with Crippen molar-refractivity contribution >= 4 is 17.5 Å². The van der Waals surface area contributed by atoms with E-state index in [1.807, 2.05) is 35.2 Å². The standard InChI is InChI=1S/C25H28ClN5O2/c26-19-5-1-16(2-6-19)23-22(21-9-12-27-15-28-21)24(30-29-23)17-10-13-31(14-11-17)25(33)18-3-7-20(32)8-4-18/h1-2,5-6,9,12,15,17-18,20,32H,3-4,7-8,10-11,13-14H2,(H,29,30). The fourth-order valence-electron chi connectivity index (χ4n) is 5.13. The lowest BCUT2D eigenvalue weighted by Crippen LogP contribution is -2.42. The van der Waals surface area contributed by atoms with Gasteiger partial charge in [0.2, 0.25) is 5.91 Å². The third-order valence-electron chi connectivity index (χ3n) is 7.01. The van der Waals surface area contributed by atoms with Gasteiger partial charge in [0.05, 0.1) is 11.8 Å². The summed E-state index contributed by atoms with van der Waals surface area (Å²) < 4.78 is 0. The number of aromatic amines is 1. The van der Waals surface area contributed by atoms with Crippen molar-refractivity contribution in [1.82, 2.24) is 25.1 Å². The molecule has 3 heterocycles. The normalized spacial score (nSPS) is 21.8. The number of carbonyl (C=O) groups is 1. The lowest BCUT2D eigenvalue weighted by Gasteiger charge is -2.35. The lowest BCUT2D eigenvalue weighted by molar-refractivity contribution is -0.138. The molecule has 33 heavy (non-hydrogen) atoms. The Morgan fingerprint density at radius 3 is 2.42 bits per heavy atom. The number of carbonyl (C=O) groups excluding carboxylic acids is 1. The van der Waals surface area contributed by atoms with E-state index in [4.69, 9.17) is 11.6 Å². The summed E-state index contributed by atoms with van der Waals surface area (Å²) in [6.07, 6.45) is 7.87. The molecule has 1 aliphatic heterocycles. The number of aromatic nitrogens is 4. The number of amides is 1. The van der Waals surface area contributed by atoms with Crippen LogP contribution in [0.2, 0.25) is 5.02 Å². The zero-order valence-electron chi connectivity index (χ0n) is 18.5. The minimum absolute atomic E-state index is 0.0604. The predicted octanol–water partition coefficient (Wildman–Crippen LogP) is 4.44. The SMILES string of the molecule is O=C(C1CCC(O)CC1)N1CCC(c2[nH]nc(-c3ccc(Cl)cc3)c2-c2ccncn2)CC1. The van der Waals surface area contributed by atoms with Gasteiger partial charge in [-0.05, 0) is 56.7 Å². The van der Waals surface area contributed by atoms with Crippen LogP contribution < -0.4 is 0 Å². The van der Waals surface area contributed by atoms with E-state index in [1.54, 1.807) is 12.5 Å². The highest BCUT2D eigenvalue weighted by Crippen LogP contribution is 2.39. The van der Waals surface area contributed by atoms with Crippen LogP contribution in [-0.2, 0) is 4.79 Å². The fraction of sp³-hybridized carbons (Fsp3) is 0.440. The summed E-state index contributed by atoms with van der Waals surface area (Å²) in [6, 6.07) is 9.57. The second-order valence-electron chi connectivity index (χ2n) is 9.07. The molecule has 7 nitrogen and oxygen atoms in total. The van der Waals surface area contributed by atoms with E-state index in [1.165, 1.54) is 0 Å². The zero-order valence-corrected chi connectivity index (χ0v) is 19.2. The molecule has 2 aromatic heterocycles. The number of H-pyrrole nitrogens is 1. The molecular formula is C25H28ClN5O2. The average molecular weight is 466 g/mol. The number of likely N-dealkylation sites (tertiary alicyclic amines) is 1. The third kappa shape index (κ3) is 4.66. The van der Waals surface area contributed by atoms with Crippen molar-refractivity contribution in [1.29, 1.82) is 0 Å². The Balaban J connectivity index is 1.37. The molecule has 1 aliphatic carbocycles. The molecular weight excluding hydrogens is 438 g/mol. The molecule has 1 aromatic carbocycles. The number of halogens is 1. The van der Waals surface area contributed by atoms with Gasteiger partial charge in [-0.3, -0.25) is 9.89 Å². The van der Waals surface area contributed by atoms with Crippen LogP contribution in [0.3, 0.4) is 0 Å². The number of hydrogen-bond donors (Lipinski definition) is 2. The number of aliphatic hydroxyl groups is 1. The van der Waals surface area contributed by atoms with Gasteiger partial charge < -0.3 is 10.0 Å². The van der Waals surface area contributed by atoms with E-state index in [0.29, 0.717) is 5.02 Å². The number of rotatable bonds is 4. The topological polar surface area (TPSA) is 95.0 Å². The first kappa shape index (κ1) is 22.0. The van der Waals surface area contributed by atoms with Crippen LogP contribution in [0.5, 0.6) is 0 Å². The smallest absolute Gasteiger partial charge is 0.225 e. The summed E-state index contributed by atoms with van der Waals surface area (Å²) in [6.45, 7) is 1.47. The first-order valence-electron chi connectivity index (χ1n) is 11.7. The lowest BCUT2D eigenvalue weighted by atomic mass is 9.85. The molecule has 172 valence electrons. The van der Waals surface area contributed by atoms with Crippen LogP contribution in [0.1, 0.15) is 50.1 Å². The fourth-order valence-corrected chi connectivity index (χ4v) is 5.26. The van der Waals surface area contributed by atoms with Gasteiger partial charge in [-0.1, -0.05) is 23.7 Å². The quantitative estimate of drug-likeness (QED) is 0.593. The second-order valence-corrected chi connectivity index (χ2v) is 9.50. The molecule has 1 amide bonds. The van der Waals surface area contributed by atoms with E-state index < -0.39 is 0 Å². The van der Waals surface area contributed by atoms with E-state index in [9.17, 15) is 9.90 Å². The van der Waals surface area contributed by atoms with Crippen molar-refractivity contribution in [3.63, 3.8) is 0 Å². The Kier molecular flexibility index (Phi) is 6.42.